The first kappa shape index (κ1) is 16.8. The van der Waals surface area contributed by atoms with Gasteiger partial charge in [-0.25, -0.2) is 0 Å². The highest BCUT2D eigenvalue weighted by Crippen LogP contribution is 2.28. The molecule has 0 aliphatic carbocycles. The zero-order chi connectivity index (χ0) is 16.7. The molecular formula is C20H22N2O. The van der Waals surface area contributed by atoms with Gasteiger partial charge in [0, 0.05) is 0 Å². The Morgan fingerprint density at radius 3 is 2.43 bits per heavy atom. The van der Waals surface area contributed by atoms with Gasteiger partial charge in [0.15, 0.2) is 0 Å². The van der Waals surface area contributed by atoms with Crippen LogP contribution in [0.1, 0.15) is 31.7 Å². The van der Waals surface area contributed by atoms with Crippen LogP contribution in [0.5, 0.6) is 0 Å². The molecule has 2 rings (SSSR count). The number of hydrogen-bond donors (Lipinski definition) is 1. The van der Waals surface area contributed by atoms with Crippen LogP contribution in [0.3, 0.4) is 0 Å². The maximum Gasteiger partial charge on any atom is 0.228 e. The number of carbonyl (C=O) groups is 1. The predicted molar refractivity (Wildman–Crippen MR) is 92.7 cm³/mol. The molecule has 0 radical (unpaired) electrons. The summed E-state index contributed by atoms with van der Waals surface area (Å²) in [5.74, 6) is 0.0886. The van der Waals surface area contributed by atoms with Crippen LogP contribution in [-0.4, -0.2) is 12.5 Å². The standard InChI is InChI=1S/C20H22N2O/c1-15(2)13-19(20(23)22-12-11-21)18-10-6-9-17(14-18)16-7-4-3-5-8-16/h3-10,14-15,19H,12-13H2,1-2H3,(H,22,23)/t19-/m0/s1. The van der Waals surface area contributed by atoms with E-state index in [4.69, 9.17) is 5.26 Å². The predicted octanol–water partition coefficient (Wildman–Crippen LogP) is 4.12. The highest BCUT2D eigenvalue weighted by atomic mass is 16.1. The normalized spacial score (nSPS) is 11.7. The second kappa shape index (κ2) is 8.14. The van der Waals surface area contributed by atoms with Crippen molar-refractivity contribution in [2.24, 2.45) is 5.92 Å². The molecular weight excluding hydrogens is 284 g/mol. The highest BCUT2D eigenvalue weighted by Gasteiger charge is 2.21. The van der Waals surface area contributed by atoms with Crippen LogP contribution in [-0.2, 0) is 4.79 Å². The third-order valence-corrected chi connectivity index (χ3v) is 3.76. The molecule has 0 spiro atoms. The third kappa shape index (κ3) is 4.69. The summed E-state index contributed by atoms with van der Waals surface area (Å²) in [5.41, 5.74) is 3.23. The second-order valence-corrected chi connectivity index (χ2v) is 6.05. The molecule has 1 amide bonds. The van der Waals surface area contributed by atoms with E-state index < -0.39 is 0 Å². The van der Waals surface area contributed by atoms with E-state index >= 15 is 0 Å². The average molecular weight is 306 g/mol. The van der Waals surface area contributed by atoms with Crippen molar-refractivity contribution in [1.29, 1.82) is 5.26 Å². The van der Waals surface area contributed by atoms with Gasteiger partial charge in [-0.3, -0.25) is 4.79 Å². The molecule has 0 aromatic heterocycles. The molecule has 0 saturated carbocycles. The van der Waals surface area contributed by atoms with Crippen molar-refractivity contribution >= 4 is 5.91 Å². The van der Waals surface area contributed by atoms with E-state index in [0.29, 0.717) is 5.92 Å². The molecule has 2 aromatic carbocycles. The summed E-state index contributed by atoms with van der Waals surface area (Å²) >= 11 is 0. The van der Waals surface area contributed by atoms with Crippen molar-refractivity contribution in [1.82, 2.24) is 5.32 Å². The summed E-state index contributed by atoms with van der Waals surface area (Å²) < 4.78 is 0. The number of hydrogen-bond acceptors (Lipinski definition) is 2. The van der Waals surface area contributed by atoms with Crippen LogP contribution in [0.15, 0.2) is 54.6 Å². The Bertz CT molecular complexity index is 686. The van der Waals surface area contributed by atoms with E-state index in [1.165, 1.54) is 0 Å². The van der Waals surface area contributed by atoms with Gasteiger partial charge in [-0.05, 0) is 29.0 Å². The largest absolute Gasteiger partial charge is 0.342 e. The van der Waals surface area contributed by atoms with Crippen LogP contribution in [0.4, 0.5) is 0 Å². The first-order chi connectivity index (χ1) is 11.1. The number of carbonyl (C=O) groups excluding carboxylic acids is 1. The van der Waals surface area contributed by atoms with Gasteiger partial charge in [0.05, 0.1) is 12.0 Å². The lowest BCUT2D eigenvalue weighted by Crippen LogP contribution is -2.30. The van der Waals surface area contributed by atoms with E-state index in [9.17, 15) is 4.79 Å². The van der Waals surface area contributed by atoms with E-state index in [2.05, 4.69) is 43.4 Å². The molecule has 3 nitrogen and oxygen atoms in total. The molecule has 0 aliphatic rings. The third-order valence-electron chi connectivity index (χ3n) is 3.76. The lowest BCUT2D eigenvalue weighted by molar-refractivity contribution is -0.122. The fourth-order valence-electron chi connectivity index (χ4n) is 2.68. The van der Waals surface area contributed by atoms with Crippen molar-refractivity contribution in [3.05, 3.63) is 60.2 Å². The molecule has 0 fully saturated rings. The van der Waals surface area contributed by atoms with Gasteiger partial charge < -0.3 is 5.32 Å². The zero-order valence-electron chi connectivity index (χ0n) is 13.6. The number of nitrogens with one attached hydrogen (secondary N) is 1. The minimum Gasteiger partial charge on any atom is -0.342 e. The molecule has 0 unspecified atom stereocenters. The minimum atomic E-state index is -0.230. The van der Waals surface area contributed by atoms with Crippen molar-refractivity contribution < 1.29 is 4.79 Å². The minimum absolute atomic E-state index is 0.0474. The van der Waals surface area contributed by atoms with Crippen molar-refractivity contribution in [2.45, 2.75) is 26.2 Å². The van der Waals surface area contributed by atoms with Crippen LogP contribution in [0, 0.1) is 17.2 Å². The Hall–Kier alpha value is -2.60. The Kier molecular flexibility index (Phi) is 5.94. The molecule has 3 heteroatoms. The topological polar surface area (TPSA) is 52.9 Å². The second-order valence-electron chi connectivity index (χ2n) is 6.05. The van der Waals surface area contributed by atoms with Gasteiger partial charge in [-0.2, -0.15) is 5.26 Å². The summed E-state index contributed by atoms with van der Waals surface area (Å²) in [5, 5.41) is 11.4. The van der Waals surface area contributed by atoms with E-state index in [1.54, 1.807) is 0 Å². The number of amides is 1. The Morgan fingerprint density at radius 1 is 1.09 bits per heavy atom. The first-order valence-electron chi connectivity index (χ1n) is 7.92. The SMILES string of the molecule is CC(C)C[C@H](C(=O)NCC#N)c1cccc(-c2ccccc2)c1. The van der Waals surface area contributed by atoms with Gasteiger partial charge in [0.2, 0.25) is 5.91 Å². The summed E-state index contributed by atoms with van der Waals surface area (Å²) in [7, 11) is 0. The number of benzene rings is 2. The maximum absolute atomic E-state index is 12.4. The Morgan fingerprint density at radius 2 is 1.78 bits per heavy atom. The molecule has 1 N–H and O–H groups in total. The summed E-state index contributed by atoms with van der Waals surface area (Å²) in [6.07, 6.45) is 0.759. The lowest BCUT2D eigenvalue weighted by atomic mass is 9.88. The molecule has 2 aromatic rings. The lowest BCUT2D eigenvalue weighted by Gasteiger charge is -2.19. The van der Waals surface area contributed by atoms with Crippen molar-refractivity contribution in [3.8, 4) is 17.2 Å². The van der Waals surface area contributed by atoms with Crippen LogP contribution >= 0.6 is 0 Å². The van der Waals surface area contributed by atoms with Crippen molar-refractivity contribution in [2.75, 3.05) is 6.54 Å². The van der Waals surface area contributed by atoms with Crippen LogP contribution < -0.4 is 5.32 Å². The summed E-state index contributed by atoms with van der Waals surface area (Å²) in [6.45, 7) is 4.25. The van der Waals surface area contributed by atoms with Gasteiger partial charge in [-0.1, -0.05) is 68.4 Å². The summed E-state index contributed by atoms with van der Waals surface area (Å²) in [6, 6.07) is 20.2. The van der Waals surface area contributed by atoms with Crippen molar-refractivity contribution in [3.63, 3.8) is 0 Å². The quantitative estimate of drug-likeness (QED) is 0.816. The molecule has 0 saturated heterocycles. The number of nitrogens with zero attached hydrogens (tertiary/aromatic N) is 1. The highest BCUT2D eigenvalue weighted by molar-refractivity contribution is 5.84. The molecule has 1 atom stereocenters. The Labute approximate surface area is 138 Å². The summed E-state index contributed by atoms with van der Waals surface area (Å²) in [4.78, 5) is 12.4. The van der Waals surface area contributed by atoms with Gasteiger partial charge in [-0.15, -0.1) is 0 Å². The average Bonchev–Trinajstić information content (AvgIpc) is 2.58. The van der Waals surface area contributed by atoms with Crippen LogP contribution in [0.2, 0.25) is 0 Å². The first-order valence-corrected chi connectivity index (χ1v) is 7.92. The number of rotatable bonds is 6. The number of nitriles is 1. The zero-order valence-corrected chi connectivity index (χ0v) is 13.6. The van der Waals surface area contributed by atoms with Gasteiger partial charge >= 0.3 is 0 Å². The molecule has 0 heterocycles. The fourth-order valence-corrected chi connectivity index (χ4v) is 2.68. The fraction of sp³-hybridized carbons (Fsp3) is 0.300. The molecule has 118 valence electrons. The van der Waals surface area contributed by atoms with Gasteiger partial charge in [0.1, 0.15) is 6.54 Å². The Balaban J connectivity index is 2.31. The van der Waals surface area contributed by atoms with E-state index in [-0.39, 0.29) is 18.4 Å². The monoisotopic (exact) mass is 306 g/mol. The molecule has 0 aliphatic heterocycles. The molecule has 0 bridgehead atoms. The molecule has 23 heavy (non-hydrogen) atoms. The van der Waals surface area contributed by atoms with Crippen LogP contribution in [0.25, 0.3) is 11.1 Å². The van der Waals surface area contributed by atoms with Gasteiger partial charge in [0.25, 0.3) is 0 Å². The van der Waals surface area contributed by atoms with E-state index in [0.717, 1.165) is 23.1 Å². The smallest absolute Gasteiger partial charge is 0.228 e. The maximum atomic E-state index is 12.4. The van der Waals surface area contributed by atoms with E-state index in [1.807, 2.05) is 36.4 Å².